The average Bonchev–Trinajstić information content (AvgIpc) is 3.30. The second-order valence-corrected chi connectivity index (χ2v) is 7.28. The SMILES string of the molecule is COc1ccc(C2OC(O)C3C(c4ccc(OC)c(OC)c4)OC(O)C23)cc1OC. The number of rotatable bonds is 6. The summed E-state index contributed by atoms with van der Waals surface area (Å²) in [6.45, 7) is 0. The van der Waals surface area contributed by atoms with Crippen molar-refractivity contribution in [2.24, 2.45) is 11.8 Å². The quantitative estimate of drug-likeness (QED) is 0.739. The molecule has 2 aliphatic rings. The van der Waals surface area contributed by atoms with E-state index in [9.17, 15) is 10.2 Å². The van der Waals surface area contributed by atoms with Crippen molar-refractivity contribution in [2.75, 3.05) is 28.4 Å². The van der Waals surface area contributed by atoms with Crippen molar-refractivity contribution < 1.29 is 38.6 Å². The van der Waals surface area contributed by atoms with Gasteiger partial charge in [-0.1, -0.05) is 12.1 Å². The molecule has 6 unspecified atom stereocenters. The lowest BCUT2D eigenvalue weighted by atomic mass is 9.83. The number of fused-ring (bicyclic) bond motifs is 1. The van der Waals surface area contributed by atoms with Crippen LogP contribution in [0.15, 0.2) is 36.4 Å². The van der Waals surface area contributed by atoms with Gasteiger partial charge in [0.05, 0.1) is 52.5 Å². The number of aliphatic hydroxyl groups excluding tert-OH is 2. The van der Waals surface area contributed by atoms with Gasteiger partial charge in [0.2, 0.25) is 0 Å². The summed E-state index contributed by atoms with van der Waals surface area (Å²) in [6, 6.07) is 10.8. The lowest BCUT2D eigenvalue weighted by molar-refractivity contribution is -0.173. The maximum atomic E-state index is 10.7. The van der Waals surface area contributed by atoms with Crippen LogP contribution in [0, 0.1) is 11.8 Å². The van der Waals surface area contributed by atoms with Crippen molar-refractivity contribution in [3.05, 3.63) is 47.5 Å². The number of methoxy groups -OCH3 is 4. The standard InChI is InChI=1S/C22H26O8/c1-25-13-7-5-11(9-15(13)27-3)19-17-18(22(24)29-19)20(30-21(17)23)12-6-8-14(26-2)16(10-12)28-4/h5-10,17-24H,1-4H3. The summed E-state index contributed by atoms with van der Waals surface area (Å²) in [5.41, 5.74) is 1.52. The minimum atomic E-state index is -1.11. The van der Waals surface area contributed by atoms with Gasteiger partial charge in [-0.3, -0.25) is 0 Å². The van der Waals surface area contributed by atoms with Gasteiger partial charge in [0.15, 0.2) is 35.6 Å². The molecule has 0 aliphatic carbocycles. The van der Waals surface area contributed by atoms with Gasteiger partial charge in [-0.2, -0.15) is 0 Å². The Bertz CT molecular complexity index is 827. The van der Waals surface area contributed by atoms with Crippen LogP contribution in [-0.2, 0) is 9.47 Å². The minimum absolute atomic E-state index is 0.462. The lowest BCUT2D eigenvalue weighted by Gasteiger charge is -2.21. The minimum Gasteiger partial charge on any atom is -0.493 e. The normalized spacial score (nSPS) is 30.1. The summed E-state index contributed by atoms with van der Waals surface area (Å²) < 4.78 is 33.1. The predicted octanol–water partition coefficient (Wildman–Crippen LogP) is 2.43. The predicted molar refractivity (Wildman–Crippen MR) is 106 cm³/mol. The van der Waals surface area contributed by atoms with Gasteiger partial charge in [-0.25, -0.2) is 0 Å². The molecule has 0 spiro atoms. The zero-order valence-corrected chi connectivity index (χ0v) is 17.3. The van der Waals surface area contributed by atoms with Crippen LogP contribution in [0.5, 0.6) is 23.0 Å². The number of hydrogen-bond donors (Lipinski definition) is 2. The van der Waals surface area contributed by atoms with E-state index in [2.05, 4.69) is 0 Å². The van der Waals surface area contributed by atoms with Crippen LogP contribution >= 0.6 is 0 Å². The fraction of sp³-hybridized carbons (Fsp3) is 0.455. The monoisotopic (exact) mass is 418 g/mol. The molecule has 0 aromatic heterocycles. The van der Waals surface area contributed by atoms with E-state index >= 15 is 0 Å². The first kappa shape index (κ1) is 20.7. The Morgan fingerprint density at radius 1 is 0.600 bits per heavy atom. The van der Waals surface area contributed by atoms with Crippen LogP contribution in [0.1, 0.15) is 23.3 Å². The molecule has 0 saturated carbocycles. The zero-order valence-electron chi connectivity index (χ0n) is 17.3. The topological polar surface area (TPSA) is 95.8 Å². The van der Waals surface area contributed by atoms with Gasteiger partial charge < -0.3 is 38.6 Å². The Kier molecular flexibility index (Phi) is 5.75. The van der Waals surface area contributed by atoms with E-state index in [-0.39, 0.29) is 0 Å². The van der Waals surface area contributed by atoms with Gasteiger partial charge >= 0.3 is 0 Å². The number of hydrogen-bond acceptors (Lipinski definition) is 8. The largest absolute Gasteiger partial charge is 0.493 e. The van der Waals surface area contributed by atoms with Crippen molar-refractivity contribution in [1.82, 2.24) is 0 Å². The molecule has 30 heavy (non-hydrogen) atoms. The molecule has 2 N–H and O–H groups in total. The molecule has 0 bridgehead atoms. The molecule has 2 aliphatic heterocycles. The molecule has 4 rings (SSSR count). The molecule has 8 heteroatoms. The molecule has 2 saturated heterocycles. The van der Waals surface area contributed by atoms with Crippen LogP contribution in [0.2, 0.25) is 0 Å². The number of ether oxygens (including phenoxy) is 6. The maximum Gasteiger partial charge on any atom is 0.161 e. The molecule has 162 valence electrons. The Labute approximate surface area is 174 Å². The Morgan fingerprint density at radius 3 is 1.30 bits per heavy atom. The summed E-state index contributed by atoms with van der Waals surface area (Å²) in [7, 11) is 6.22. The fourth-order valence-electron chi connectivity index (χ4n) is 4.41. The highest BCUT2D eigenvalue weighted by molar-refractivity contribution is 5.45. The fourth-order valence-corrected chi connectivity index (χ4v) is 4.41. The van der Waals surface area contributed by atoms with Crippen LogP contribution in [0.4, 0.5) is 0 Å². The van der Waals surface area contributed by atoms with E-state index in [0.29, 0.717) is 23.0 Å². The third-order valence-corrected chi connectivity index (χ3v) is 5.85. The molecular formula is C22H26O8. The highest BCUT2D eigenvalue weighted by atomic mass is 16.7. The molecular weight excluding hydrogens is 392 g/mol. The van der Waals surface area contributed by atoms with Crippen molar-refractivity contribution >= 4 is 0 Å². The highest BCUT2D eigenvalue weighted by Crippen LogP contribution is 2.55. The molecule has 2 aromatic rings. The Hall–Kier alpha value is -2.52. The first-order valence-corrected chi connectivity index (χ1v) is 9.63. The zero-order chi connectivity index (χ0) is 21.4. The van der Waals surface area contributed by atoms with Crippen LogP contribution in [-0.4, -0.2) is 51.2 Å². The van der Waals surface area contributed by atoms with Gasteiger partial charge in [0, 0.05) is 0 Å². The lowest BCUT2D eigenvalue weighted by Crippen LogP contribution is -2.23. The second kappa shape index (κ2) is 8.31. The smallest absolute Gasteiger partial charge is 0.161 e. The first-order chi connectivity index (χ1) is 14.5. The first-order valence-electron chi connectivity index (χ1n) is 9.63. The summed E-state index contributed by atoms with van der Waals surface area (Å²) in [4.78, 5) is 0. The van der Waals surface area contributed by atoms with E-state index in [1.165, 1.54) is 0 Å². The van der Waals surface area contributed by atoms with Crippen molar-refractivity contribution in [2.45, 2.75) is 24.8 Å². The van der Waals surface area contributed by atoms with Crippen molar-refractivity contribution in [1.29, 1.82) is 0 Å². The third kappa shape index (κ3) is 3.35. The van der Waals surface area contributed by atoms with Crippen molar-refractivity contribution in [3.8, 4) is 23.0 Å². The maximum absolute atomic E-state index is 10.7. The van der Waals surface area contributed by atoms with E-state index in [1.54, 1.807) is 52.7 Å². The Morgan fingerprint density at radius 2 is 0.967 bits per heavy atom. The third-order valence-electron chi connectivity index (χ3n) is 5.85. The highest BCUT2D eigenvalue weighted by Gasteiger charge is 2.57. The van der Waals surface area contributed by atoms with Crippen LogP contribution in [0.25, 0.3) is 0 Å². The summed E-state index contributed by atoms with van der Waals surface area (Å²) >= 11 is 0. The van der Waals surface area contributed by atoms with Gasteiger partial charge in [0.25, 0.3) is 0 Å². The molecule has 2 aromatic carbocycles. The summed E-state index contributed by atoms with van der Waals surface area (Å²) in [5.74, 6) is 1.33. The number of aliphatic hydroxyl groups is 2. The van der Waals surface area contributed by atoms with E-state index in [4.69, 9.17) is 28.4 Å². The summed E-state index contributed by atoms with van der Waals surface area (Å²) in [5, 5.41) is 21.4. The molecule has 0 radical (unpaired) electrons. The second-order valence-electron chi connectivity index (χ2n) is 7.28. The van der Waals surface area contributed by atoms with E-state index in [1.807, 2.05) is 12.1 Å². The van der Waals surface area contributed by atoms with Gasteiger partial charge in [0.1, 0.15) is 0 Å². The molecule has 2 fully saturated rings. The van der Waals surface area contributed by atoms with Gasteiger partial charge in [-0.15, -0.1) is 0 Å². The van der Waals surface area contributed by atoms with Crippen LogP contribution in [0.3, 0.4) is 0 Å². The molecule has 6 atom stereocenters. The molecule has 0 amide bonds. The van der Waals surface area contributed by atoms with E-state index < -0.39 is 36.6 Å². The molecule has 2 heterocycles. The van der Waals surface area contributed by atoms with Gasteiger partial charge in [-0.05, 0) is 35.4 Å². The molecule has 8 nitrogen and oxygen atoms in total. The van der Waals surface area contributed by atoms with Crippen LogP contribution < -0.4 is 18.9 Å². The average molecular weight is 418 g/mol. The van der Waals surface area contributed by atoms with E-state index in [0.717, 1.165) is 11.1 Å². The van der Waals surface area contributed by atoms with Crippen molar-refractivity contribution in [3.63, 3.8) is 0 Å². The Balaban J connectivity index is 1.66. The summed E-state index contributed by atoms with van der Waals surface area (Å²) in [6.07, 6.45) is -3.35. The number of benzene rings is 2.